The Morgan fingerprint density at radius 2 is 1.82 bits per heavy atom. The van der Waals surface area contributed by atoms with Crippen molar-refractivity contribution in [3.8, 4) is 0 Å². The first-order valence-corrected chi connectivity index (χ1v) is 8.17. The number of aromatic nitrogens is 2. The van der Waals surface area contributed by atoms with Gasteiger partial charge in [0.1, 0.15) is 5.69 Å². The number of H-pyrrole nitrogens is 1. The fourth-order valence-corrected chi connectivity index (χ4v) is 3.90. The molecule has 2 N–H and O–H groups in total. The molecule has 1 atom stereocenters. The number of aryl methyl sites for hydroxylation is 1. The maximum Gasteiger partial charge on any atom is 0.158 e. The number of nitrogens with zero attached hydrogens (tertiary/aromatic N) is 1. The number of pyridine rings is 1. The lowest BCUT2D eigenvalue weighted by atomic mass is 9.98. The molecule has 4 rings (SSSR count). The molecule has 1 saturated heterocycles. The van der Waals surface area contributed by atoms with Crippen LogP contribution in [-0.4, -0.2) is 23.1 Å². The van der Waals surface area contributed by atoms with Crippen molar-refractivity contribution in [2.75, 3.05) is 13.1 Å². The molecule has 3 aromatic rings. The fraction of sp³-hybridized carbons (Fsp3) is 0.316. The summed E-state index contributed by atoms with van der Waals surface area (Å²) in [5.74, 6) is 0. The number of para-hydroxylation sites is 1. The average molecular weight is 292 g/mol. The van der Waals surface area contributed by atoms with Crippen LogP contribution in [0, 0.1) is 6.92 Å². The number of rotatable bonds is 3. The molecular formula is C19H22N3+. The van der Waals surface area contributed by atoms with Crippen molar-refractivity contribution >= 4 is 10.9 Å². The van der Waals surface area contributed by atoms with E-state index in [9.17, 15) is 0 Å². The fourth-order valence-electron chi connectivity index (χ4n) is 3.90. The summed E-state index contributed by atoms with van der Waals surface area (Å²) >= 11 is 0. The first-order chi connectivity index (χ1) is 10.8. The van der Waals surface area contributed by atoms with Crippen LogP contribution in [0.4, 0.5) is 0 Å². The smallest absolute Gasteiger partial charge is 0.158 e. The highest BCUT2D eigenvalue weighted by Gasteiger charge is 2.33. The van der Waals surface area contributed by atoms with E-state index < -0.39 is 0 Å². The second kappa shape index (κ2) is 5.58. The highest BCUT2D eigenvalue weighted by Crippen LogP contribution is 2.29. The van der Waals surface area contributed by atoms with E-state index in [-0.39, 0.29) is 0 Å². The standard InChI is InChI=1S/C19H21N3/c1-14-18(15-8-2-3-9-16(15)21-14)19(22-12-6-7-13-22)17-10-4-5-11-20-17/h2-5,8-11,19,21H,6-7,12-13H2,1H3/p+1/t19-/m0/s1. The van der Waals surface area contributed by atoms with Crippen molar-refractivity contribution in [3.05, 3.63) is 65.6 Å². The van der Waals surface area contributed by atoms with Gasteiger partial charge in [-0.25, -0.2) is 0 Å². The topological polar surface area (TPSA) is 33.1 Å². The summed E-state index contributed by atoms with van der Waals surface area (Å²) in [7, 11) is 0. The van der Waals surface area contributed by atoms with Crippen molar-refractivity contribution in [2.24, 2.45) is 0 Å². The molecule has 3 heteroatoms. The summed E-state index contributed by atoms with van der Waals surface area (Å²) in [5, 5.41) is 1.34. The number of hydrogen-bond acceptors (Lipinski definition) is 1. The van der Waals surface area contributed by atoms with Crippen molar-refractivity contribution < 1.29 is 4.90 Å². The van der Waals surface area contributed by atoms with Crippen LogP contribution in [0.2, 0.25) is 0 Å². The van der Waals surface area contributed by atoms with Gasteiger partial charge in [-0.15, -0.1) is 0 Å². The lowest BCUT2D eigenvalue weighted by Crippen LogP contribution is -3.10. The number of fused-ring (bicyclic) bond motifs is 1. The minimum Gasteiger partial charge on any atom is -0.358 e. The van der Waals surface area contributed by atoms with Gasteiger partial charge in [-0.05, 0) is 25.1 Å². The normalized spacial score (nSPS) is 17.1. The molecular weight excluding hydrogens is 270 g/mol. The molecule has 22 heavy (non-hydrogen) atoms. The number of benzene rings is 1. The highest BCUT2D eigenvalue weighted by molar-refractivity contribution is 5.85. The number of aromatic amines is 1. The Balaban J connectivity index is 1.91. The van der Waals surface area contributed by atoms with Gasteiger partial charge in [-0.3, -0.25) is 4.98 Å². The molecule has 1 fully saturated rings. The number of nitrogens with one attached hydrogen (secondary N) is 2. The molecule has 0 saturated carbocycles. The van der Waals surface area contributed by atoms with Crippen LogP contribution in [-0.2, 0) is 0 Å². The summed E-state index contributed by atoms with van der Waals surface area (Å²) in [6, 6.07) is 15.3. The van der Waals surface area contributed by atoms with Crippen LogP contribution in [0.1, 0.15) is 35.8 Å². The van der Waals surface area contributed by atoms with Crippen LogP contribution in [0.25, 0.3) is 10.9 Å². The lowest BCUT2D eigenvalue weighted by Gasteiger charge is -2.24. The summed E-state index contributed by atoms with van der Waals surface area (Å²) in [4.78, 5) is 9.90. The molecule has 0 radical (unpaired) electrons. The van der Waals surface area contributed by atoms with Gasteiger partial charge in [-0.2, -0.15) is 0 Å². The van der Waals surface area contributed by atoms with Gasteiger partial charge in [0.05, 0.1) is 13.1 Å². The summed E-state index contributed by atoms with van der Waals surface area (Å²) in [6.45, 7) is 4.67. The molecule has 0 amide bonds. The van der Waals surface area contributed by atoms with E-state index in [1.165, 1.54) is 53.8 Å². The Kier molecular flexibility index (Phi) is 3.43. The minimum absolute atomic E-state index is 0.333. The monoisotopic (exact) mass is 292 g/mol. The average Bonchev–Trinajstić information content (AvgIpc) is 3.18. The maximum absolute atomic E-state index is 4.69. The van der Waals surface area contributed by atoms with Crippen LogP contribution in [0.15, 0.2) is 48.7 Å². The van der Waals surface area contributed by atoms with Gasteiger partial charge in [-0.1, -0.05) is 24.3 Å². The van der Waals surface area contributed by atoms with E-state index in [4.69, 9.17) is 4.98 Å². The molecule has 2 aromatic heterocycles. The quantitative estimate of drug-likeness (QED) is 0.764. The molecule has 1 aliphatic heterocycles. The Morgan fingerprint density at radius 1 is 1.05 bits per heavy atom. The molecule has 0 aliphatic carbocycles. The predicted molar refractivity (Wildman–Crippen MR) is 89.0 cm³/mol. The van der Waals surface area contributed by atoms with Crippen LogP contribution in [0.3, 0.4) is 0 Å². The van der Waals surface area contributed by atoms with Gasteiger partial charge in [0.25, 0.3) is 0 Å². The molecule has 0 bridgehead atoms. The van der Waals surface area contributed by atoms with Crippen LogP contribution in [0.5, 0.6) is 0 Å². The van der Waals surface area contributed by atoms with Crippen molar-refractivity contribution in [3.63, 3.8) is 0 Å². The molecule has 112 valence electrons. The van der Waals surface area contributed by atoms with Crippen molar-refractivity contribution in [1.82, 2.24) is 9.97 Å². The zero-order chi connectivity index (χ0) is 14.9. The Labute approximate surface area is 131 Å². The SMILES string of the molecule is Cc1[nH]c2ccccc2c1[C@H](c1ccccn1)[NH+]1CCCC1. The first-order valence-electron chi connectivity index (χ1n) is 8.17. The molecule has 3 nitrogen and oxygen atoms in total. The maximum atomic E-state index is 4.69. The van der Waals surface area contributed by atoms with Gasteiger partial charge in [0, 0.05) is 41.2 Å². The van der Waals surface area contributed by atoms with E-state index >= 15 is 0 Å². The zero-order valence-electron chi connectivity index (χ0n) is 13.0. The first kappa shape index (κ1) is 13.5. The largest absolute Gasteiger partial charge is 0.358 e. The number of likely N-dealkylation sites (tertiary alicyclic amines) is 1. The number of quaternary nitrogens is 1. The van der Waals surface area contributed by atoms with E-state index in [2.05, 4.69) is 48.3 Å². The molecule has 1 aliphatic rings. The van der Waals surface area contributed by atoms with Gasteiger partial charge < -0.3 is 9.88 Å². The third-order valence-corrected chi connectivity index (χ3v) is 4.87. The number of hydrogen-bond donors (Lipinski definition) is 2. The Bertz CT molecular complexity index is 770. The predicted octanol–water partition coefficient (Wildman–Crippen LogP) is 2.64. The third-order valence-electron chi connectivity index (χ3n) is 4.87. The minimum atomic E-state index is 0.333. The lowest BCUT2D eigenvalue weighted by molar-refractivity contribution is -0.913. The molecule has 0 spiro atoms. The Hall–Kier alpha value is -2.13. The summed E-state index contributed by atoms with van der Waals surface area (Å²) in [5.41, 5.74) is 5.12. The van der Waals surface area contributed by atoms with E-state index in [1.54, 1.807) is 4.90 Å². The molecule has 1 aromatic carbocycles. The van der Waals surface area contributed by atoms with E-state index in [0.717, 1.165) is 0 Å². The van der Waals surface area contributed by atoms with Crippen LogP contribution < -0.4 is 4.90 Å². The van der Waals surface area contributed by atoms with Crippen molar-refractivity contribution in [2.45, 2.75) is 25.8 Å². The summed E-state index contributed by atoms with van der Waals surface area (Å²) in [6.07, 6.45) is 4.56. The second-order valence-electron chi connectivity index (χ2n) is 6.26. The molecule has 0 unspecified atom stereocenters. The van der Waals surface area contributed by atoms with Crippen molar-refractivity contribution in [1.29, 1.82) is 0 Å². The third kappa shape index (κ3) is 2.22. The second-order valence-corrected chi connectivity index (χ2v) is 6.26. The zero-order valence-corrected chi connectivity index (χ0v) is 13.0. The highest BCUT2D eigenvalue weighted by atomic mass is 15.2. The Morgan fingerprint density at radius 3 is 2.59 bits per heavy atom. The summed E-state index contributed by atoms with van der Waals surface area (Å²) < 4.78 is 0. The van der Waals surface area contributed by atoms with E-state index in [0.29, 0.717) is 6.04 Å². The van der Waals surface area contributed by atoms with Crippen LogP contribution >= 0.6 is 0 Å². The van der Waals surface area contributed by atoms with Gasteiger partial charge >= 0.3 is 0 Å². The van der Waals surface area contributed by atoms with Gasteiger partial charge in [0.15, 0.2) is 6.04 Å². The van der Waals surface area contributed by atoms with E-state index in [1.807, 2.05) is 12.3 Å². The molecule has 3 heterocycles. The van der Waals surface area contributed by atoms with Gasteiger partial charge in [0.2, 0.25) is 0 Å².